The summed E-state index contributed by atoms with van der Waals surface area (Å²) in [6.45, 7) is 4.42. The summed E-state index contributed by atoms with van der Waals surface area (Å²) in [5, 5.41) is 10.6. The van der Waals surface area contributed by atoms with E-state index in [-0.39, 0.29) is 6.10 Å². The van der Waals surface area contributed by atoms with Gasteiger partial charge in [-0.15, -0.1) is 0 Å². The Morgan fingerprint density at radius 3 is 2.09 bits per heavy atom. The fraction of sp³-hybridized carbons (Fsp3) is 1.00. The number of nitrogens with zero attached hydrogens (tertiary/aromatic N) is 1. The van der Waals surface area contributed by atoms with Crippen molar-refractivity contribution in [2.75, 3.05) is 26.2 Å². The van der Waals surface area contributed by atoms with Crippen LogP contribution >= 0.6 is 0 Å². The van der Waals surface area contributed by atoms with Crippen LogP contribution in [0, 0.1) is 11.8 Å². The largest absolute Gasteiger partial charge is 0.393 e. The lowest BCUT2D eigenvalue weighted by Crippen LogP contribution is -2.36. The highest BCUT2D eigenvalue weighted by Gasteiger charge is 2.33. The van der Waals surface area contributed by atoms with Crippen LogP contribution in [-0.2, 0) is 4.74 Å². The first-order valence-electron chi connectivity index (χ1n) is 9.88. The first kappa shape index (κ1) is 17.6. The highest BCUT2D eigenvalue weighted by molar-refractivity contribution is 4.85. The van der Waals surface area contributed by atoms with Crippen molar-refractivity contribution in [2.24, 2.45) is 11.8 Å². The van der Waals surface area contributed by atoms with Crippen molar-refractivity contribution in [1.82, 2.24) is 4.90 Å². The zero-order valence-corrected chi connectivity index (χ0v) is 14.5. The maximum Gasteiger partial charge on any atom is 0.100 e. The lowest BCUT2D eigenvalue weighted by molar-refractivity contribution is -0.0319. The van der Waals surface area contributed by atoms with E-state index in [0.29, 0.717) is 30.8 Å². The number of ether oxygens (including phenoxy) is 1. The summed E-state index contributed by atoms with van der Waals surface area (Å²) in [6, 6.07) is 0. The summed E-state index contributed by atoms with van der Waals surface area (Å²) >= 11 is 0. The normalized spacial score (nSPS) is 37.8. The van der Waals surface area contributed by atoms with Gasteiger partial charge in [0.2, 0.25) is 0 Å². The third kappa shape index (κ3) is 5.14. The molecule has 1 atom stereocenters. The van der Waals surface area contributed by atoms with E-state index >= 15 is 0 Å². The number of rotatable bonds is 6. The smallest absolute Gasteiger partial charge is 0.100 e. The molecule has 23 heavy (non-hydrogen) atoms. The molecule has 1 saturated heterocycles. The van der Waals surface area contributed by atoms with Gasteiger partial charge in [-0.1, -0.05) is 0 Å². The van der Waals surface area contributed by atoms with Crippen molar-refractivity contribution in [3.63, 3.8) is 0 Å². The van der Waals surface area contributed by atoms with Crippen molar-refractivity contribution >= 4 is 0 Å². The van der Waals surface area contributed by atoms with Crippen LogP contribution in [0.1, 0.15) is 64.2 Å². The van der Waals surface area contributed by atoms with Gasteiger partial charge in [-0.3, -0.25) is 0 Å². The Hall–Kier alpha value is -0.190. The molecule has 3 fully saturated rings. The zero-order valence-electron chi connectivity index (χ0n) is 14.5. The number of aliphatic hydroxyl groups is 1. The van der Waals surface area contributed by atoms with Crippen LogP contribution < -0.4 is 0 Å². The fourth-order valence-electron chi connectivity index (χ4n) is 4.76. The van der Waals surface area contributed by atoms with Crippen molar-refractivity contribution in [1.29, 1.82) is 0 Å². The number of likely N-dealkylation sites (tertiary alicyclic amines) is 1. The van der Waals surface area contributed by atoms with Gasteiger partial charge in [0.1, 0.15) is 6.17 Å². The van der Waals surface area contributed by atoms with Gasteiger partial charge < -0.3 is 14.7 Å². The molecule has 0 aromatic carbocycles. The minimum atomic E-state index is -0.627. The minimum Gasteiger partial charge on any atom is -0.393 e. The lowest BCUT2D eigenvalue weighted by atomic mass is 9.74. The van der Waals surface area contributed by atoms with Gasteiger partial charge >= 0.3 is 0 Å². The van der Waals surface area contributed by atoms with Gasteiger partial charge in [-0.2, -0.15) is 0 Å². The standard InChI is InChI=1S/C19H34FNO2/c20-17-7-3-15(4-8-17)19(22)16-5-9-18(10-6-16)23-14-13-21-11-1-2-12-21/h15-19,22H,1-14H2. The second-order valence-corrected chi connectivity index (χ2v) is 7.96. The highest BCUT2D eigenvalue weighted by atomic mass is 19.1. The SMILES string of the molecule is OC(C1CCC(F)CC1)C1CCC(OCCN2CCCC2)CC1. The second-order valence-electron chi connectivity index (χ2n) is 7.96. The molecule has 0 amide bonds. The van der Waals surface area contributed by atoms with E-state index < -0.39 is 6.17 Å². The fourth-order valence-corrected chi connectivity index (χ4v) is 4.76. The van der Waals surface area contributed by atoms with Gasteiger partial charge in [0, 0.05) is 6.54 Å². The second kappa shape index (κ2) is 8.77. The Balaban J connectivity index is 1.31. The Labute approximate surface area is 140 Å². The van der Waals surface area contributed by atoms with Crippen molar-refractivity contribution in [3.8, 4) is 0 Å². The molecule has 1 N–H and O–H groups in total. The summed E-state index contributed by atoms with van der Waals surface area (Å²) in [5.41, 5.74) is 0. The maximum absolute atomic E-state index is 13.2. The summed E-state index contributed by atoms with van der Waals surface area (Å²) in [6.07, 6.45) is 9.59. The third-order valence-corrected chi connectivity index (χ3v) is 6.35. The number of hydrogen-bond donors (Lipinski definition) is 1. The number of aliphatic hydroxyl groups excluding tert-OH is 1. The molecule has 2 saturated carbocycles. The quantitative estimate of drug-likeness (QED) is 0.810. The summed E-state index contributed by atoms with van der Waals surface area (Å²) in [7, 11) is 0. The van der Waals surface area contributed by atoms with Crippen LogP contribution in [0.15, 0.2) is 0 Å². The Kier molecular flexibility index (Phi) is 6.72. The molecule has 1 heterocycles. The molecule has 0 bridgehead atoms. The predicted octanol–water partition coefficient (Wildman–Crippen LogP) is 3.55. The number of halogens is 1. The number of alkyl halides is 1. The first-order valence-corrected chi connectivity index (χ1v) is 9.88. The molecule has 0 spiro atoms. The summed E-state index contributed by atoms with van der Waals surface area (Å²) in [5.74, 6) is 0.745. The van der Waals surface area contributed by atoms with Crippen LogP contribution in [-0.4, -0.2) is 54.6 Å². The zero-order chi connectivity index (χ0) is 16.1. The molecule has 0 aromatic rings. The molecule has 3 aliphatic rings. The Morgan fingerprint density at radius 1 is 0.913 bits per heavy atom. The average Bonchev–Trinajstić information content (AvgIpc) is 3.09. The minimum absolute atomic E-state index is 0.215. The maximum atomic E-state index is 13.2. The molecule has 0 aromatic heterocycles. The van der Waals surface area contributed by atoms with Crippen molar-refractivity contribution < 1.29 is 14.2 Å². The highest BCUT2D eigenvalue weighted by Crippen LogP contribution is 2.37. The van der Waals surface area contributed by atoms with E-state index in [0.717, 1.165) is 51.7 Å². The van der Waals surface area contributed by atoms with Crippen molar-refractivity contribution in [3.05, 3.63) is 0 Å². The van der Waals surface area contributed by atoms with Gasteiger partial charge in [-0.05, 0) is 89.1 Å². The summed E-state index contributed by atoms with van der Waals surface area (Å²) in [4.78, 5) is 2.50. The van der Waals surface area contributed by atoms with E-state index in [9.17, 15) is 9.50 Å². The van der Waals surface area contributed by atoms with Gasteiger partial charge in [0.15, 0.2) is 0 Å². The first-order chi connectivity index (χ1) is 11.2. The van der Waals surface area contributed by atoms with Gasteiger partial charge in [-0.25, -0.2) is 4.39 Å². The molecule has 3 nitrogen and oxygen atoms in total. The van der Waals surface area contributed by atoms with E-state index in [4.69, 9.17) is 4.74 Å². The van der Waals surface area contributed by atoms with Gasteiger partial charge in [0.25, 0.3) is 0 Å². The molecule has 134 valence electrons. The monoisotopic (exact) mass is 327 g/mol. The predicted molar refractivity (Wildman–Crippen MR) is 90.2 cm³/mol. The number of hydrogen-bond acceptors (Lipinski definition) is 3. The molecule has 0 radical (unpaired) electrons. The molecule has 1 aliphatic heterocycles. The molecule has 4 heteroatoms. The topological polar surface area (TPSA) is 32.7 Å². The van der Waals surface area contributed by atoms with Gasteiger partial charge in [0.05, 0.1) is 18.8 Å². The lowest BCUT2D eigenvalue weighted by Gasteiger charge is -2.37. The molecular formula is C19H34FNO2. The molecule has 3 rings (SSSR count). The molecular weight excluding hydrogens is 293 g/mol. The molecule has 1 unspecified atom stereocenters. The van der Waals surface area contributed by atoms with Crippen LogP contribution in [0.4, 0.5) is 4.39 Å². The van der Waals surface area contributed by atoms with Crippen LogP contribution in [0.25, 0.3) is 0 Å². The Morgan fingerprint density at radius 2 is 1.48 bits per heavy atom. The third-order valence-electron chi connectivity index (χ3n) is 6.35. The van der Waals surface area contributed by atoms with Crippen LogP contribution in [0.3, 0.4) is 0 Å². The van der Waals surface area contributed by atoms with Crippen LogP contribution in [0.5, 0.6) is 0 Å². The van der Waals surface area contributed by atoms with Crippen molar-refractivity contribution in [2.45, 2.75) is 82.6 Å². The Bertz CT molecular complexity index is 332. The average molecular weight is 327 g/mol. The van der Waals surface area contributed by atoms with E-state index in [1.807, 2.05) is 0 Å². The summed E-state index contributed by atoms with van der Waals surface area (Å²) < 4.78 is 19.3. The van der Waals surface area contributed by atoms with E-state index in [1.165, 1.54) is 25.9 Å². The molecule has 2 aliphatic carbocycles. The van der Waals surface area contributed by atoms with E-state index in [1.54, 1.807) is 0 Å². The van der Waals surface area contributed by atoms with Crippen LogP contribution in [0.2, 0.25) is 0 Å². The van der Waals surface area contributed by atoms with E-state index in [2.05, 4.69) is 4.90 Å².